The van der Waals surface area contributed by atoms with Gasteiger partial charge in [0.25, 0.3) is 5.91 Å². The Morgan fingerprint density at radius 2 is 2.00 bits per heavy atom. The number of fused-ring (bicyclic) bond motifs is 1. The predicted molar refractivity (Wildman–Crippen MR) is 147 cm³/mol. The summed E-state index contributed by atoms with van der Waals surface area (Å²) in [5.41, 5.74) is 1.74. The van der Waals surface area contributed by atoms with Crippen LogP contribution in [0.2, 0.25) is 0 Å². The Bertz CT molecular complexity index is 1360. The third-order valence-electron chi connectivity index (χ3n) is 7.40. The SMILES string of the molecule is C[C@H](/C=C/CCn1cc(CCO)nn1)[C@@]1(O)C(=O)N(Cc2ccccc2)c2ccc(N3CCNCC3=O)cc21. The monoisotopic (exact) mass is 530 g/mol. The highest BCUT2D eigenvalue weighted by Gasteiger charge is 2.52. The summed E-state index contributed by atoms with van der Waals surface area (Å²) in [7, 11) is 0. The molecule has 39 heavy (non-hydrogen) atoms. The lowest BCUT2D eigenvalue weighted by molar-refractivity contribution is -0.139. The standard InChI is InChI=1S/C29H34N6O4/c1-21(7-5-6-14-33-20-23(12-16-36)31-32-33)29(39)25-17-24(34-15-13-30-18-27(34)37)10-11-26(25)35(28(29)38)19-22-8-3-2-4-9-22/h2-5,7-11,17,20-21,30,36,39H,6,12-16,18-19H2,1H3/b7-5+/t21-,29+/m1/s1. The van der Waals surface area contributed by atoms with E-state index in [1.54, 1.807) is 26.7 Å². The van der Waals surface area contributed by atoms with Gasteiger partial charge in [-0.2, -0.15) is 0 Å². The van der Waals surface area contributed by atoms with Crippen molar-refractivity contribution in [3.8, 4) is 0 Å². The number of rotatable bonds is 10. The van der Waals surface area contributed by atoms with Gasteiger partial charge in [-0.1, -0.05) is 54.6 Å². The third kappa shape index (κ3) is 5.36. The predicted octanol–water partition coefficient (Wildman–Crippen LogP) is 1.77. The van der Waals surface area contributed by atoms with Crippen molar-refractivity contribution in [1.29, 1.82) is 0 Å². The highest BCUT2D eigenvalue weighted by molar-refractivity contribution is 6.08. The summed E-state index contributed by atoms with van der Waals surface area (Å²) in [5, 5.41) is 32.3. The summed E-state index contributed by atoms with van der Waals surface area (Å²) in [6.07, 6.45) is 6.70. The molecule has 0 unspecified atom stereocenters. The highest BCUT2D eigenvalue weighted by Crippen LogP contribution is 2.47. The second-order valence-corrected chi connectivity index (χ2v) is 10.0. The second-order valence-electron chi connectivity index (χ2n) is 10.0. The number of allylic oxidation sites excluding steroid dienone is 1. The van der Waals surface area contributed by atoms with E-state index in [1.165, 1.54) is 0 Å². The number of aryl methyl sites for hydroxylation is 1. The molecule has 1 fully saturated rings. The zero-order chi connectivity index (χ0) is 27.4. The Balaban J connectivity index is 1.41. The molecule has 2 amide bonds. The van der Waals surface area contributed by atoms with Crippen LogP contribution in [0.4, 0.5) is 11.4 Å². The number of nitrogens with one attached hydrogen (secondary N) is 1. The molecule has 2 atom stereocenters. The Kier molecular flexibility index (Phi) is 7.87. The smallest absolute Gasteiger partial charge is 0.264 e. The van der Waals surface area contributed by atoms with Crippen LogP contribution in [0.5, 0.6) is 0 Å². The molecule has 204 valence electrons. The Hall–Kier alpha value is -3.86. The maximum Gasteiger partial charge on any atom is 0.264 e. The number of amides is 2. The molecular weight excluding hydrogens is 496 g/mol. The number of hydrogen-bond donors (Lipinski definition) is 3. The van der Waals surface area contributed by atoms with Crippen LogP contribution in [-0.2, 0) is 34.7 Å². The minimum absolute atomic E-state index is 0.0238. The number of nitrogens with zero attached hydrogens (tertiary/aromatic N) is 5. The van der Waals surface area contributed by atoms with Crippen molar-refractivity contribution in [2.45, 2.75) is 38.5 Å². The molecule has 0 bridgehead atoms. The summed E-state index contributed by atoms with van der Waals surface area (Å²) >= 11 is 0. The molecule has 3 aromatic rings. The van der Waals surface area contributed by atoms with Gasteiger partial charge in [-0.15, -0.1) is 5.10 Å². The molecule has 0 saturated carbocycles. The van der Waals surface area contributed by atoms with Crippen LogP contribution in [0.15, 0.2) is 66.9 Å². The first-order valence-electron chi connectivity index (χ1n) is 13.3. The molecule has 2 aliphatic rings. The van der Waals surface area contributed by atoms with E-state index >= 15 is 0 Å². The first-order chi connectivity index (χ1) is 18.9. The van der Waals surface area contributed by atoms with Crippen LogP contribution < -0.4 is 15.1 Å². The number of aliphatic hydroxyl groups is 2. The second kappa shape index (κ2) is 11.5. The van der Waals surface area contributed by atoms with Gasteiger partial charge in [0.2, 0.25) is 5.91 Å². The van der Waals surface area contributed by atoms with Gasteiger partial charge in [0.15, 0.2) is 5.60 Å². The number of piperazine rings is 1. The van der Waals surface area contributed by atoms with Crippen molar-refractivity contribution in [2.24, 2.45) is 5.92 Å². The van der Waals surface area contributed by atoms with E-state index in [2.05, 4.69) is 15.6 Å². The molecule has 3 heterocycles. The minimum Gasteiger partial charge on any atom is -0.396 e. The quantitative estimate of drug-likeness (QED) is 0.341. The molecule has 1 aromatic heterocycles. The average molecular weight is 531 g/mol. The third-order valence-corrected chi connectivity index (χ3v) is 7.40. The van der Waals surface area contributed by atoms with Gasteiger partial charge in [-0.25, -0.2) is 0 Å². The molecule has 3 N–H and O–H groups in total. The lowest BCUT2D eigenvalue weighted by atomic mass is 9.82. The van der Waals surface area contributed by atoms with Crippen molar-refractivity contribution < 1.29 is 19.8 Å². The maximum atomic E-state index is 13.9. The summed E-state index contributed by atoms with van der Waals surface area (Å²) in [6, 6.07) is 15.2. The first kappa shape index (κ1) is 26.7. The fourth-order valence-corrected chi connectivity index (χ4v) is 5.23. The summed E-state index contributed by atoms with van der Waals surface area (Å²) in [4.78, 5) is 29.8. The molecule has 5 rings (SSSR count). The van der Waals surface area contributed by atoms with E-state index in [0.29, 0.717) is 56.0 Å². The van der Waals surface area contributed by atoms with Gasteiger partial charge in [0.1, 0.15) is 0 Å². The first-order valence-corrected chi connectivity index (χ1v) is 13.3. The number of carbonyl (C=O) groups excluding carboxylic acids is 2. The number of carbonyl (C=O) groups is 2. The molecule has 1 saturated heterocycles. The molecule has 10 heteroatoms. The minimum atomic E-state index is -1.78. The largest absolute Gasteiger partial charge is 0.396 e. The summed E-state index contributed by atoms with van der Waals surface area (Å²) in [5.74, 6) is -0.954. The maximum absolute atomic E-state index is 13.9. The lowest BCUT2D eigenvalue weighted by Crippen LogP contribution is -2.48. The molecule has 2 aromatic carbocycles. The van der Waals surface area contributed by atoms with Crippen LogP contribution in [-0.4, -0.2) is 63.3 Å². The normalized spacial score (nSPS) is 20.2. The number of benzene rings is 2. The Labute approximate surface area is 227 Å². The van der Waals surface area contributed by atoms with Crippen LogP contribution in [0.25, 0.3) is 0 Å². The molecule has 0 radical (unpaired) electrons. The van der Waals surface area contributed by atoms with Gasteiger partial charge < -0.3 is 25.3 Å². The van der Waals surface area contributed by atoms with Crippen LogP contribution in [0, 0.1) is 5.92 Å². The summed E-state index contributed by atoms with van der Waals surface area (Å²) < 4.78 is 1.71. The Morgan fingerprint density at radius 3 is 2.77 bits per heavy atom. The average Bonchev–Trinajstić information content (AvgIpc) is 3.48. The van der Waals surface area contributed by atoms with Crippen LogP contribution >= 0.6 is 0 Å². The molecule has 0 aliphatic carbocycles. The number of aliphatic hydroxyl groups excluding tert-OH is 1. The summed E-state index contributed by atoms with van der Waals surface area (Å²) in [6.45, 7) is 4.23. The number of aromatic nitrogens is 3. The van der Waals surface area contributed by atoms with Gasteiger partial charge in [-0.05, 0) is 30.2 Å². The van der Waals surface area contributed by atoms with Crippen molar-refractivity contribution in [1.82, 2.24) is 20.3 Å². The van der Waals surface area contributed by atoms with Crippen molar-refractivity contribution in [3.63, 3.8) is 0 Å². The van der Waals surface area contributed by atoms with E-state index in [-0.39, 0.29) is 25.0 Å². The topological polar surface area (TPSA) is 124 Å². The molecule has 2 aliphatic heterocycles. The van der Waals surface area contributed by atoms with E-state index < -0.39 is 11.5 Å². The van der Waals surface area contributed by atoms with Crippen LogP contribution in [0.3, 0.4) is 0 Å². The lowest BCUT2D eigenvalue weighted by Gasteiger charge is -2.30. The Morgan fingerprint density at radius 1 is 1.18 bits per heavy atom. The fraction of sp³-hybridized carbons (Fsp3) is 0.379. The molecular formula is C29H34N6O4. The van der Waals surface area contributed by atoms with Gasteiger partial charge >= 0.3 is 0 Å². The van der Waals surface area contributed by atoms with Crippen molar-refractivity contribution in [3.05, 3.63) is 83.7 Å². The molecule has 0 spiro atoms. The van der Waals surface area contributed by atoms with Gasteiger partial charge in [-0.3, -0.25) is 14.3 Å². The van der Waals surface area contributed by atoms with E-state index in [0.717, 1.165) is 11.3 Å². The van der Waals surface area contributed by atoms with Crippen LogP contribution in [0.1, 0.15) is 30.2 Å². The van der Waals surface area contributed by atoms with Gasteiger partial charge in [0.05, 0.1) is 24.5 Å². The molecule has 10 nitrogen and oxygen atoms in total. The fourth-order valence-electron chi connectivity index (χ4n) is 5.23. The van der Waals surface area contributed by atoms with E-state index in [4.69, 9.17) is 5.11 Å². The number of hydrogen-bond acceptors (Lipinski definition) is 7. The van der Waals surface area contributed by atoms with E-state index in [1.807, 2.05) is 61.5 Å². The zero-order valence-electron chi connectivity index (χ0n) is 22.0. The zero-order valence-corrected chi connectivity index (χ0v) is 22.0. The van der Waals surface area contributed by atoms with Gasteiger partial charge in [0, 0.05) is 56.0 Å². The van der Waals surface area contributed by atoms with Crippen molar-refractivity contribution in [2.75, 3.05) is 36.0 Å². The van der Waals surface area contributed by atoms with Crippen molar-refractivity contribution >= 4 is 23.2 Å². The van der Waals surface area contributed by atoms with E-state index in [9.17, 15) is 14.7 Å². The highest BCUT2D eigenvalue weighted by atomic mass is 16.3. The number of anilines is 2.